The highest BCUT2D eigenvalue weighted by molar-refractivity contribution is 9.10. The van der Waals surface area contributed by atoms with Crippen molar-refractivity contribution < 1.29 is 4.39 Å². The zero-order valence-corrected chi connectivity index (χ0v) is 10.5. The first-order valence-corrected chi connectivity index (χ1v) is 5.56. The maximum Gasteiger partial charge on any atom is 0.139 e. The first kappa shape index (κ1) is 11.1. The minimum Gasteiger partial charge on any atom is -0.397 e. The first-order valence-electron chi connectivity index (χ1n) is 4.77. The van der Waals surface area contributed by atoms with Crippen LogP contribution in [-0.4, -0.2) is 9.78 Å². The highest BCUT2D eigenvalue weighted by Crippen LogP contribution is 2.26. The summed E-state index contributed by atoms with van der Waals surface area (Å²) in [6, 6.07) is 4.86. The quantitative estimate of drug-likeness (QED) is 0.818. The molecule has 0 unspecified atom stereocenters. The van der Waals surface area contributed by atoms with Crippen molar-refractivity contribution in [1.29, 1.82) is 0 Å². The van der Waals surface area contributed by atoms with Crippen molar-refractivity contribution in [3.8, 4) is 5.69 Å². The average Bonchev–Trinajstić information content (AvgIpc) is 2.51. The standard InChI is InChI=1S/C11H11BrFN3/c1-6-3-7(2)16(15-6)11-4-8(12)9(13)5-10(11)14/h3-5H,14H2,1-2H3. The van der Waals surface area contributed by atoms with Crippen LogP contribution < -0.4 is 5.73 Å². The van der Waals surface area contributed by atoms with Gasteiger partial charge >= 0.3 is 0 Å². The van der Waals surface area contributed by atoms with E-state index in [9.17, 15) is 4.39 Å². The Bertz CT molecular complexity index is 548. The SMILES string of the molecule is Cc1cc(C)n(-c2cc(Br)c(F)cc2N)n1. The Labute approximate surface area is 101 Å². The van der Waals surface area contributed by atoms with Gasteiger partial charge in [0.25, 0.3) is 0 Å². The first-order chi connectivity index (χ1) is 7.49. The molecular weight excluding hydrogens is 273 g/mol. The van der Waals surface area contributed by atoms with Gasteiger partial charge in [-0.05, 0) is 41.9 Å². The summed E-state index contributed by atoms with van der Waals surface area (Å²) < 4.78 is 15.3. The van der Waals surface area contributed by atoms with Crippen molar-refractivity contribution in [3.05, 3.63) is 39.9 Å². The number of rotatable bonds is 1. The monoisotopic (exact) mass is 283 g/mol. The van der Waals surface area contributed by atoms with Gasteiger partial charge in [0, 0.05) is 11.8 Å². The van der Waals surface area contributed by atoms with Crippen LogP contribution in [0, 0.1) is 19.7 Å². The van der Waals surface area contributed by atoms with Crippen LogP contribution in [0.15, 0.2) is 22.7 Å². The van der Waals surface area contributed by atoms with Crippen molar-refractivity contribution >= 4 is 21.6 Å². The number of halogens is 2. The molecule has 0 spiro atoms. The Kier molecular flexibility index (Phi) is 2.71. The van der Waals surface area contributed by atoms with Crippen LogP contribution in [0.3, 0.4) is 0 Å². The molecule has 2 aromatic rings. The van der Waals surface area contributed by atoms with Gasteiger partial charge in [0.2, 0.25) is 0 Å². The lowest BCUT2D eigenvalue weighted by atomic mass is 10.2. The second-order valence-electron chi connectivity index (χ2n) is 3.66. The number of hydrogen-bond donors (Lipinski definition) is 1. The fourth-order valence-corrected chi connectivity index (χ4v) is 1.94. The van der Waals surface area contributed by atoms with Crippen LogP contribution in [-0.2, 0) is 0 Å². The Hall–Kier alpha value is -1.36. The van der Waals surface area contributed by atoms with Crippen molar-refractivity contribution in [2.45, 2.75) is 13.8 Å². The van der Waals surface area contributed by atoms with E-state index in [0.29, 0.717) is 15.8 Å². The minimum absolute atomic E-state index is 0.368. The molecule has 0 amide bonds. The van der Waals surface area contributed by atoms with Crippen molar-refractivity contribution in [2.24, 2.45) is 0 Å². The highest BCUT2D eigenvalue weighted by atomic mass is 79.9. The van der Waals surface area contributed by atoms with E-state index < -0.39 is 0 Å². The Morgan fingerprint density at radius 2 is 2.00 bits per heavy atom. The van der Waals surface area contributed by atoms with E-state index in [-0.39, 0.29) is 5.82 Å². The van der Waals surface area contributed by atoms with E-state index in [4.69, 9.17) is 5.73 Å². The molecule has 2 rings (SSSR count). The van der Waals surface area contributed by atoms with Crippen LogP contribution in [0.25, 0.3) is 5.69 Å². The molecule has 0 aliphatic rings. The predicted octanol–water partition coefficient (Wildman–Crippen LogP) is 2.97. The third kappa shape index (κ3) is 1.82. The molecule has 0 fully saturated rings. The molecule has 84 valence electrons. The maximum absolute atomic E-state index is 13.2. The lowest BCUT2D eigenvalue weighted by Gasteiger charge is -2.09. The molecule has 0 aliphatic carbocycles. The van der Waals surface area contributed by atoms with Gasteiger partial charge in [0.15, 0.2) is 0 Å². The summed E-state index contributed by atoms with van der Waals surface area (Å²) in [4.78, 5) is 0. The van der Waals surface area contributed by atoms with Gasteiger partial charge in [-0.2, -0.15) is 5.10 Å². The topological polar surface area (TPSA) is 43.8 Å². The zero-order valence-electron chi connectivity index (χ0n) is 8.96. The smallest absolute Gasteiger partial charge is 0.139 e. The van der Waals surface area contributed by atoms with Crippen LogP contribution >= 0.6 is 15.9 Å². The van der Waals surface area contributed by atoms with E-state index in [2.05, 4.69) is 21.0 Å². The van der Waals surface area contributed by atoms with E-state index in [1.54, 1.807) is 10.7 Å². The summed E-state index contributed by atoms with van der Waals surface area (Å²) in [6.07, 6.45) is 0. The number of hydrogen-bond acceptors (Lipinski definition) is 2. The van der Waals surface area contributed by atoms with Crippen molar-refractivity contribution in [1.82, 2.24) is 9.78 Å². The largest absolute Gasteiger partial charge is 0.397 e. The van der Waals surface area contributed by atoms with Crippen LogP contribution in [0.4, 0.5) is 10.1 Å². The van der Waals surface area contributed by atoms with Gasteiger partial charge in [-0.3, -0.25) is 0 Å². The van der Waals surface area contributed by atoms with E-state index >= 15 is 0 Å². The van der Waals surface area contributed by atoms with Crippen molar-refractivity contribution in [2.75, 3.05) is 5.73 Å². The molecule has 3 nitrogen and oxygen atoms in total. The number of benzene rings is 1. The van der Waals surface area contributed by atoms with E-state index in [1.165, 1.54) is 6.07 Å². The lowest BCUT2D eigenvalue weighted by Crippen LogP contribution is -2.04. The van der Waals surface area contributed by atoms with E-state index in [0.717, 1.165) is 11.4 Å². The summed E-state index contributed by atoms with van der Waals surface area (Å²) in [6.45, 7) is 3.83. The van der Waals surface area contributed by atoms with Crippen LogP contribution in [0.2, 0.25) is 0 Å². The molecular formula is C11H11BrFN3. The number of aryl methyl sites for hydroxylation is 2. The van der Waals surface area contributed by atoms with Gasteiger partial charge in [-0.15, -0.1) is 0 Å². The minimum atomic E-state index is -0.372. The average molecular weight is 284 g/mol. The van der Waals surface area contributed by atoms with Gasteiger partial charge in [-0.1, -0.05) is 0 Å². The van der Waals surface area contributed by atoms with Crippen LogP contribution in [0.5, 0.6) is 0 Å². The molecule has 1 aromatic heterocycles. The summed E-state index contributed by atoms with van der Waals surface area (Å²) >= 11 is 3.14. The Morgan fingerprint density at radius 3 is 2.56 bits per heavy atom. The normalized spacial score (nSPS) is 10.8. The number of nitrogen functional groups attached to an aromatic ring is 1. The Balaban J connectivity index is 2.64. The van der Waals surface area contributed by atoms with E-state index in [1.807, 2.05) is 19.9 Å². The maximum atomic E-state index is 13.2. The summed E-state index contributed by atoms with van der Waals surface area (Å²) in [5.41, 5.74) is 8.69. The molecule has 16 heavy (non-hydrogen) atoms. The second kappa shape index (κ2) is 3.90. The van der Waals surface area contributed by atoms with Gasteiger partial charge < -0.3 is 5.73 Å². The third-order valence-corrected chi connectivity index (χ3v) is 2.92. The Morgan fingerprint density at radius 1 is 1.31 bits per heavy atom. The molecule has 5 heteroatoms. The van der Waals surface area contributed by atoms with Gasteiger partial charge in [-0.25, -0.2) is 9.07 Å². The number of anilines is 1. The molecule has 1 aromatic carbocycles. The molecule has 0 aliphatic heterocycles. The zero-order chi connectivity index (χ0) is 11.9. The van der Waals surface area contributed by atoms with Crippen LogP contribution in [0.1, 0.15) is 11.4 Å². The molecule has 0 saturated carbocycles. The fourth-order valence-electron chi connectivity index (χ4n) is 1.61. The molecule has 0 bridgehead atoms. The number of nitrogens with zero attached hydrogens (tertiary/aromatic N) is 2. The van der Waals surface area contributed by atoms with Gasteiger partial charge in [0.1, 0.15) is 5.82 Å². The molecule has 0 saturated heterocycles. The predicted molar refractivity (Wildman–Crippen MR) is 65.1 cm³/mol. The molecule has 0 radical (unpaired) electrons. The summed E-state index contributed by atoms with van der Waals surface area (Å²) in [5.74, 6) is -0.372. The fraction of sp³-hybridized carbons (Fsp3) is 0.182. The number of nitrogens with two attached hydrogens (primary N) is 1. The second-order valence-corrected chi connectivity index (χ2v) is 4.52. The molecule has 0 atom stereocenters. The summed E-state index contributed by atoms with van der Waals surface area (Å²) in [5, 5.41) is 4.31. The third-order valence-electron chi connectivity index (χ3n) is 2.31. The lowest BCUT2D eigenvalue weighted by molar-refractivity contribution is 0.621. The highest BCUT2D eigenvalue weighted by Gasteiger charge is 2.10. The number of aromatic nitrogens is 2. The van der Waals surface area contributed by atoms with Gasteiger partial charge in [0.05, 0.1) is 21.5 Å². The molecule has 1 heterocycles. The van der Waals surface area contributed by atoms with Crippen molar-refractivity contribution in [3.63, 3.8) is 0 Å². The summed E-state index contributed by atoms with van der Waals surface area (Å²) in [7, 11) is 0. The molecule has 2 N–H and O–H groups in total.